The van der Waals surface area contributed by atoms with Gasteiger partial charge in [-0.1, -0.05) is 33.6 Å². The van der Waals surface area contributed by atoms with Crippen LogP contribution in [0.4, 0.5) is 5.69 Å². The fraction of sp³-hybridized carbons (Fsp3) is 0.176. The average Bonchev–Trinajstić information content (AvgIpc) is 2.81. The molecule has 0 atom stereocenters. The summed E-state index contributed by atoms with van der Waals surface area (Å²) < 4.78 is 10.5. The highest BCUT2D eigenvalue weighted by Gasteiger charge is 2.28. The molecule has 1 aliphatic rings. The molecule has 0 N–H and O–H groups in total. The van der Waals surface area contributed by atoms with Crippen LogP contribution in [0.3, 0.4) is 0 Å². The van der Waals surface area contributed by atoms with Gasteiger partial charge in [-0.15, -0.1) is 0 Å². The van der Waals surface area contributed by atoms with Crippen LogP contribution in [0, 0.1) is 6.92 Å². The molecule has 5 nitrogen and oxygen atoms in total. The van der Waals surface area contributed by atoms with Crippen LogP contribution in [0.1, 0.15) is 5.56 Å². The minimum Gasteiger partial charge on any atom is -0.465 e. The van der Waals surface area contributed by atoms with Crippen LogP contribution >= 0.6 is 27.5 Å². The number of hydrogen-bond donors (Lipinski definition) is 0. The molecule has 7 heteroatoms. The van der Waals surface area contributed by atoms with Gasteiger partial charge in [0.25, 0.3) is 0 Å². The molecule has 1 aliphatic heterocycles. The monoisotopic (exact) mass is 411 g/mol. The Bertz CT molecular complexity index is 783. The van der Waals surface area contributed by atoms with Crippen molar-refractivity contribution in [2.75, 3.05) is 19.1 Å². The minimum atomic E-state index is -0.678. The highest BCUT2D eigenvalue weighted by molar-refractivity contribution is 9.10. The largest absolute Gasteiger partial charge is 0.465 e. The van der Waals surface area contributed by atoms with Gasteiger partial charge < -0.3 is 14.4 Å². The number of nitrogens with zero attached hydrogens (tertiary/aromatic N) is 1. The summed E-state index contributed by atoms with van der Waals surface area (Å²) in [6, 6.07) is 3.56. The van der Waals surface area contributed by atoms with Gasteiger partial charge in [-0.2, -0.15) is 0 Å². The average molecular weight is 413 g/mol. The van der Waals surface area contributed by atoms with Crippen molar-refractivity contribution in [3.63, 3.8) is 0 Å². The zero-order valence-electron chi connectivity index (χ0n) is 13.3. The van der Waals surface area contributed by atoms with E-state index in [1.807, 2.05) is 13.0 Å². The third-order valence-corrected chi connectivity index (χ3v) is 4.78. The van der Waals surface area contributed by atoms with Gasteiger partial charge in [0.15, 0.2) is 0 Å². The number of esters is 2. The Hall–Kier alpha value is -2.05. The summed E-state index contributed by atoms with van der Waals surface area (Å²) in [7, 11) is 2.49. The molecule has 0 bridgehead atoms. The van der Waals surface area contributed by atoms with Crippen LogP contribution < -0.4 is 4.90 Å². The Morgan fingerprint density at radius 3 is 2.42 bits per heavy atom. The SMILES string of the molecule is COC(=O)C1=C(C(=O)OC)N(c2ccc(Br)c(C)c2Cl)C=CC=C1. The second-order valence-electron chi connectivity index (χ2n) is 4.82. The van der Waals surface area contributed by atoms with Gasteiger partial charge in [0.1, 0.15) is 5.70 Å². The lowest BCUT2D eigenvalue weighted by molar-refractivity contribution is -0.139. The van der Waals surface area contributed by atoms with Crippen LogP contribution in [0.2, 0.25) is 5.02 Å². The number of ether oxygens (including phenoxy) is 2. The van der Waals surface area contributed by atoms with Crippen LogP contribution in [0.5, 0.6) is 0 Å². The van der Waals surface area contributed by atoms with Crippen LogP contribution in [0.25, 0.3) is 0 Å². The Kier molecular flexibility index (Phi) is 5.85. The van der Waals surface area contributed by atoms with E-state index in [0.29, 0.717) is 10.7 Å². The lowest BCUT2D eigenvalue weighted by Crippen LogP contribution is -2.27. The fourth-order valence-corrected chi connectivity index (χ4v) is 2.88. The predicted octanol–water partition coefficient (Wildman–Crippen LogP) is 3.90. The number of benzene rings is 1. The molecule has 0 aliphatic carbocycles. The third-order valence-electron chi connectivity index (χ3n) is 3.45. The number of carbonyl (C=O) groups excluding carboxylic acids is 2. The molecule has 1 heterocycles. The van der Waals surface area contributed by atoms with E-state index < -0.39 is 11.9 Å². The third kappa shape index (κ3) is 3.39. The molecular weight excluding hydrogens is 398 g/mol. The lowest BCUT2D eigenvalue weighted by Gasteiger charge is -2.24. The molecule has 0 saturated carbocycles. The van der Waals surface area contributed by atoms with Crippen molar-refractivity contribution in [2.24, 2.45) is 0 Å². The zero-order chi connectivity index (χ0) is 17.9. The number of hydrogen-bond acceptors (Lipinski definition) is 5. The van der Waals surface area contributed by atoms with Gasteiger partial charge in [0.2, 0.25) is 0 Å². The quantitative estimate of drug-likeness (QED) is 0.705. The molecule has 0 fully saturated rings. The van der Waals surface area contributed by atoms with E-state index in [-0.39, 0.29) is 11.3 Å². The van der Waals surface area contributed by atoms with E-state index in [0.717, 1.165) is 10.0 Å². The molecule has 126 valence electrons. The Labute approximate surface area is 153 Å². The molecule has 24 heavy (non-hydrogen) atoms. The van der Waals surface area contributed by atoms with Crippen molar-refractivity contribution in [3.05, 3.63) is 62.9 Å². The maximum atomic E-state index is 12.3. The van der Waals surface area contributed by atoms with Crippen LogP contribution in [-0.2, 0) is 19.1 Å². The number of anilines is 1. The first kappa shape index (κ1) is 18.3. The topological polar surface area (TPSA) is 55.8 Å². The lowest BCUT2D eigenvalue weighted by atomic mass is 10.1. The molecule has 1 aromatic carbocycles. The van der Waals surface area contributed by atoms with Crippen molar-refractivity contribution >= 4 is 45.2 Å². The van der Waals surface area contributed by atoms with Gasteiger partial charge >= 0.3 is 11.9 Å². The molecule has 0 saturated heterocycles. The van der Waals surface area contributed by atoms with E-state index in [1.54, 1.807) is 24.4 Å². The Balaban J connectivity index is 2.73. The first-order chi connectivity index (χ1) is 11.4. The summed E-state index contributed by atoms with van der Waals surface area (Å²) in [6.45, 7) is 1.85. The smallest absolute Gasteiger partial charge is 0.355 e. The first-order valence-corrected chi connectivity index (χ1v) is 8.09. The predicted molar refractivity (Wildman–Crippen MR) is 95.7 cm³/mol. The fourth-order valence-electron chi connectivity index (χ4n) is 2.18. The highest BCUT2D eigenvalue weighted by atomic mass is 79.9. The van der Waals surface area contributed by atoms with E-state index in [9.17, 15) is 9.59 Å². The minimum absolute atomic E-state index is 0.0259. The molecule has 0 unspecified atom stereocenters. The number of carbonyl (C=O) groups is 2. The molecule has 0 radical (unpaired) electrons. The van der Waals surface area contributed by atoms with Crippen molar-refractivity contribution in [1.82, 2.24) is 0 Å². The summed E-state index contributed by atoms with van der Waals surface area (Å²) in [4.78, 5) is 26.0. The van der Waals surface area contributed by atoms with E-state index >= 15 is 0 Å². The van der Waals surface area contributed by atoms with Gasteiger partial charge in [-0.05, 0) is 36.8 Å². The summed E-state index contributed by atoms with van der Waals surface area (Å²) in [6.07, 6.45) is 6.45. The molecule has 0 spiro atoms. The van der Waals surface area contributed by atoms with E-state index in [1.165, 1.54) is 25.2 Å². The van der Waals surface area contributed by atoms with E-state index in [4.69, 9.17) is 21.1 Å². The summed E-state index contributed by atoms with van der Waals surface area (Å²) in [5, 5.41) is 0.446. The highest BCUT2D eigenvalue weighted by Crippen LogP contribution is 2.37. The van der Waals surface area contributed by atoms with Crippen molar-refractivity contribution in [2.45, 2.75) is 6.92 Å². The standard InChI is InChI=1S/C17H15BrClNO4/c1-10-12(18)7-8-13(14(10)19)20-9-5-4-6-11(16(21)23-2)15(20)17(22)24-3/h4-9H,1-3H3. The van der Waals surface area contributed by atoms with Crippen LogP contribution in [0.15, 0.2) is 52.3 Å². The summed E-state index contributed by atoms with van der Waals surface area (Å²) >= 11 is 9.86. The zero-order valence-corrected chi connectivity index (χ0v) is 15.6. The summed E-state index contributed by atoms with van der Waals surface area (Å²) in [5.74, 6) is -1.33. The maximum Gasteiger partial charge on any atom is 0.355 e. The number of rotatable bonds is 3. The Morgan fingerprint density at radius 2 is 1.79 bits per heavy atom. The van der Waals surface area contributed by atoms with Gasteiger partial charge in [-0.3, -0.25) is 0 Å². The van der Waals surface area contributed by atoms with Crippen molar-refractivity contribution < 1.29 is 19.1 Å². The molecule has 2 rings (SSSR count). The Morgan fingerprint density at radius 1 is 1.12 bits per heavy atom. The first-order valence-electron chi connectivity index (χ1n) is 6.92. The van der Waals surface area contributed by atoms with Gasteiger partial charge in [0.05, 0.1) is 30.5 Å². The number of allylic oxidation sites excluding steroid dienone is 2. The molecule has 0 amide bonds. The van der Waals surface area contributed by atoms with Gasteiger partial charge in [-0.25, -0.2) is 9.59 Å². The summed E-state index contributed by atoms with van der Waals surface area (Å²) in [5.41, 5.74) is 1.45. The second-order valence-corrected chi connectivity index (χ2v) is 6.05. The second kappa shape index (κ2) is 7.68. The molecule has 0 aromatic heterocycles. The molecular formula is C17H15BrClNO4. The van der Waals surface area contributed by atoms with E-state index in [2.05, 4.69) is 15.9 Å². The number of halogens is 2. The number of methoxy groups -OCH3 is 2. The molecule has 1 aromatic rings. The maximum absolute atomic E-state index is 12.3. The van der Waals surface area contributed by atoms with Crippen LogP contribution in [-0.4, -0.2) is 26.2 Å². The van der Waals surface area contributed by atoms with Crippen molar-refractivity contribution in [3.8, 4) is 0 Å². The van der Waals surface area contributed by atoms with Gasteiger partial charge in [0, 0.05) is 10.7 Å². The van der Waals surface area contributed by atoms with Crippen molar-refractivity contribution in [1.29, 1.82) is 0 Å². The normalized spacial score (nSPS) is 13.8.